The number of carbonyl (C=O) groups is 2. The van der Waals surface area contributed by atoms with Gasteiger partial charge in [-0.25, -0.2) is 0 Å². The maximum atomic E-state index is 12.6. The van der Waals surface area contributed by atoms with Crippen LogP contribution in [-0.2, 0) is 0 Å². The van der Waals surface area contributed by atoms with Gasteiger partial charge in [0.15, 0.2) is 0 Å². The Morgan fingerprint density at radius 1 is 0.833 bits per heavy atom. The molecule has 0 unspecified atom stereocenters. The van der Waals surface area contributed by atoms with Crippen molar-refractivity contribution in [1.29, 1.82) is 0 Å². The standard InChI is InChI=1S/C24H25N3O2S/c28-23(18-7-3-8-21(15-18)27-24(29)22-9-4-14-30-22)26-20-12-10-19(11-13-20)25-16-17-5-1-2-6-17/h3-4,7-15,17,25H,1-2,5-6,16H2,(H,26,28)(H,27,29). The quantitative estimate of drug-likeness (QED) is 0.449. The third kappa shape index (κ3) is 5.27. The van der Waals surface area contributed by atoms with Crippen molar-refractivity contribution >= 4 is 40.2 Å². The molecule has 0 radical (unpaired) electrons. The van der Waals surface area contributed by atoms with Gasteiger partial charge in [0, 0.05) is 29.2 Å². The van der Waals surface area contributed by atoms with E-state index in [0.29, 0.717) is 16.1 Å². The summed E-state index contributed by atoms with van der Waals surface area (Å²) in [5, 5.41) is 11.1. The van der Waals surface area contributed by atoms with Gasteiger partial charge in [-0.3, -0.25) is 9.59 Å². The van der Waals surface area contributed by atoms with Gasteiger partial charge >= 0.3 is 0 Å². The van der Waals surface area contributed by atoms with Gasteiger partial charge < -0.3 is 16.0 Å². The molecule has 30 heavy (non-hydrogen) atoms. The fourth-order valence-electron chi connectivity index (χ4n) is 3.69. The van der Waals surface area contributed by atoms with Crippen molar-refractivity contribution < 1.29 is 9.59 Å². The van der Waals surface area contributed by atoms with Crippen LogP contribution in [0.15, 0.2) is 66.0 Å². The smallest absolute Gasteiger partial charge is 0.265 e. The highest BCUT2D eigenvalue weighted by Gasteiger charge is 2.14. The number of thiophene rings is 1. The number of nitrogens with one attached hydrogen (secondary N) is 3. The van der Waals surface area contributed by atoms with Crippen LogP contribution in [0.5, 0.6) is 0 Å². The molecular formula is C24H25N3O2S. The largest absolute Gasteiger partial charge is 0.385 e. The summed E-state index contributed by atoms with van der Waals surface area (Å²) in [4.78, 5) is 25.5. The summed E-state index contributed by atoms with van der Waals surface area (Å²) in [5.74, 6) is 0.383. The Labute approximate surface area is 180 Å². The Balaban J connectivity index is 1.33. The van der Waals surface area contributed by atoms with Gasteiger partial charge in [-0.05, 0) is 72.7 Å². The van der Waals surface area contributed by atoms with E-state index < -0.39 is 0 Å². The highest BCUT2D eigenvalue weighted by Crippen LogP contribution is 2.25. The molecule has 6 heteroatoms. The monoisotopic (exact) mass is 419 g/mol. The molecule has 1 aromatic heterocycles. The van der Waals surface area contributed by atoms with Crippen LogP contribution in [0.2, 0.25) is 0 Å². The first-order chi connectivity index (χ1) is 14.7. The minimum absolute atomic E-state index is 0.178. The van der Waals surface area contributed by atoms with Crippen molar-refractivity contribution in [2.75, 3.05) is 22.5 Å². The van der Waals surface area contributed by atoms with Crippen molar-refractivity contribution in [3.05, 3.63) is 76.5 Å². The van der Waals surface area contributed by atoms with Crippen molar-refractivity contribution in [2.45, 2.75) is 25.7 Å². The fourth-order valence-corrected chi connectivity index (χ4v) is 4.31. The average molecular weight is 420 g/mol. The summed E-state index contributed by atoms with van der Waals surface area (Å²) in [6, 6.07) is 18.3. The Morgan fingerprint density at radius 2 is 1.57 bits per heavy atom. The second-order valence-corrected chi connectivity index (χ2v) is 8.52. The van der Waals surface area contributed by atoms with E-state index in [0.717, 1.165) is 23.8 Å². The highest BCUT2D eigenvalue weighted by atomic mass is 32.1. The zero-order chi connectivity index (χ0) is 20.8. The zero-order valence-electron chi connectivity index (χ0n) is 16.7. The zero-order valence-corrected chi connectivity index (χ0v) is 17.5. The predicted molar refractivity (Wildman–Crippen MR) is 124 cm³/mol. The molecule has 0 saturated heterocycles. The first-order valence-corrected chi connectivity index (χ1v) is 11.2. The van der Waals surface area contributed by atoms with E-state index in [9.17, 15) is 9.59 Å². The van der Waals surface area contributed by atoms with Gasteiger partial charge in [-0.15, -0.1) is 11.3 Å². The molecule has 0 spiro atoms. The number of carbonyl (C=O) groups excluding carboxylic acids is 2. The van der Waals surface area contributed by atoms with E-state index >= 15 is 0 Å². The number of benzene rings is 2. The number of hydrogen-bond acceptors (Lipinski definition) is 4. The Kier molecular flexibility index (Phi) is 6.44. The van der Waals surface area contributed by atoms with Gasteiger partial charge in [0.25, 0.3) is 11.8 Å². The molecule has 0 bridgehead atoms. The maximum absolute atomic E-state index is 12.6. The molecule has 0 aliphatic heterocycles. The molecule has 2 aromatic carbocycles. The van der Waals surface area contributed by atoms with Gasteiger partial charge in [-0.1, -0.05) is 25.0 Å². The van der Waals surface area contributed by atoms with Crippen LogP contribution in [0.3, 0.4) is 0 Å². The summed E-state index contributed by atoms with van der Waals surface area (Å²) < 4.78 is 0. The van der Waals surface area contributed by atoms with Crippen LogP contribution >= 0.6 is 11.3 Å². The van der Waals surface area contributed by atoms with Crippen LogP contribution in [0.4, 0.5) is 17.1 Å². The molecule has 1 fully saturated rings. The van der Waals surface area contributed by atoms with Crippen molar-refractivity contribution in [1.82, 2.24) is 0 Å². The molecule has 2 amide bonds. The lowest BCUT2D eigenvalue weighted by Gasteiger charge is -2.12. The molecule has 3 N–H and O–H groups in total. The van der Waals surface area contributed by atoms with E-state index in [2.05, 4.69) is 16.0 Å². The molecule has 1 aliphatic rings. The Bertz CT molecular complexity index is 994. The van der Waals surface area contributed by atoms with Gasteiger partial charge in [0.2, 0.25) is 0 Å². The number of amides is 2. The first kappa shape index (κ1) is 20.2. The topological polar surface area (TPSA) is 70.2 Å². The highest BCUT2D eigenvalue weighted by molar-refractivity contribution is 7.12. The summed E-state index contributed by atoms with van der Waals surface area (Å²) >= 11 is 1.38. The van der Waals surface area contributed by atoms with E-state index in [-0.39, 0.29) is 11.8 Å². The fraction of sp³-hybridized carbons (Fsp3) is 0.250. The van der Waals surface area contributed by atoms with Crippen LogP contribution in [0.1, 0.15) is 45.7 Å². The third-order valence-corrected chi connectivity index (χ3v) is 6.21. The first-order valence-electron chi connectivity index (χ1n) is 10.3. The summed E-state index contributed by atoms with van der Waals surface area (Å²) in [7, 11) is 0. The summed E-state index contributed by atoms with van der Waals surface area (Å²) in [5.41, 5.74) is 2.88. The minimum Gasteiger partial charge on any atom is -0.385 e. The van der Waals surface area contributed by atoms with E-state index in [1.165, 1.54) is 37.0 Å². The molecular weight excluding hydrogens is 394 g/mol. The number of hydrogen-bond donors (Lipinski definition) is 3. The second kappa shape index (κ2) is 9.59. The van der Waals surface area contributed by atoms with Crippen molar-refractivity contribution in [2.24, 2.45) is 5.92 Å². The van der Waals surface area contributed by atoms with Crippen LogP contribution in [0, 0.1) is 5.92 Å². The second-order valence-electron chi connectivity index (χ2n) is 7.58. The van der Waals surface area contributed by atoms with Gasteiger partial charge in [-0.2, -0.15) is 0 Å². The normalized spacial score (nSPS) is 13.7. The van der Waals surface area contributed by atoms with Gasteiger partial charge in [0.05, 0.1) is 4.88 Å². The lowest BCUT2D eigenvalue weighted by atomic mass is 10.1. The lowest BCUT2D eigenvalue weighted by Crippen LogP contribution is -2.14. The molecule has 0 atom stereocenters. The Morgan fingerprint density at radius 3 is 2.30 bits per heavy atom. The number of anilines is 3. The predicted octanol–water partition coefficient (Wildman–Crippen LogP) is 5.85. The Hall–Kier alpha value is -3.12. The van der Waals surface area contributed by atoms with Crippen molar-refractivity contribution in [3.63, 3.8) is 0 Å². The molecule has 1 saturated carbocycles. The molecule has 4 rings (SSSR count). The van der Waals surface area contributed by atoms with Crippen LogP contribution < -0.4 is 16.0 Å². The molecule has 3 aromatic rings. The lowest BCUT2D eigenvalue weighted by molar-refractivity contribution is 0.101. The van der Waals surface area contributed by atoms with Crippen LogP contribution in [-0.4, -0.2) is 18.4 Å². The number of rotatable bonds is 7. The van der Waals surface area contributed by atoms with E-state index in [1.54, 1.807) is 30.3 Å². The third-order valence-electron chi connectivity index (χ3n) is 5.34. The van der Waals surface area contributed by atoms with E-state index in [4.69, 9.17) is 0 Å². The molecule has 154 valence electrons. The summed E-state index contributed by atoms with van der Waals surface area (Å²) in [6.07, 6.45) is 5.31. The van der Waals surface area contributed by atoms with Crippen LogP contribution in [0.25, 0.3) is 0 Å². The average Bonchev–Trinajstić information content (AvgIpc) is 3.48. The minimum atomic E-state index is -0.214. The molecule has 1 heterocycles. The van der Waals surface area contributed by atoms with E-state index in [1.807, 2.05) is 35.7 Å². The van der Waals surface area contributed by atoms with Gasteiger partial charge in [0.1, 0.15) is 0 Å². The maximum Gasteiger partial charge on any atom is 0.265 e. The molecule has 1 aliphatic carbocycles. The van der Waals surface area contributed by atoms with Crippen molar-refractivity contribution in [3.8, 4) is 0 Å². The summed E-state index contributed by atoms with van der Waals surface area (Å²) in [6.45, 7) is 1.01. The molecule has 5 nitrogen and oxygen atoms in total. The SMILES string of the molecule is O=C(Nc1ccc(NCC2CCCC2)cc1)c1cccc(NC(=O)c2cccs2)c1.